The molecule has 0 aromatic heterocycles. The molecule has 0 radical (unpaired) electrons. The molecule has 0 unspecified atom stereocenters. The van der Waals surface area contributed by atoms with Crippen LogP contribution in [0.4, 0.5) is 9.18 Å². The van der Waals surface area contributed by atoms with Crippen molar-refractivity contribution in [3.63, 3.8) is 0 Å². The number of Topliss-reactive ketones (excluding diaryl/α,β-unsaturated/α-hetero) is 1. The summed E-state index contributed by atoms with van der Waals surface area (Å²) >= 11 is 0. The maximum absolute atomic E-state index is 12.9. The molecule has 27 heavy (non-hydrogen) atoms. The zero-order valence-electron chi connectivity index (χ0n) is 15.3. The molecule has 0 spiro atoms. The molecule has 2 aromatic carbocycles. The van der Waals surface area contributed by atoms with Crippen molar-refractivity contribution >= 4 is 11.9 Å². The zero-order valence-corrected chi connectivity index (χ0v) is 15.3. The first-order chi connectivity index (χ1) is 13.1. The second-order valence-electron chi connectivity index (χ2n) is 6.85. The van der Waals surface area contributed by atoms with Crippen LogP contribution in [0.15, 0.2) is 48.5 Å². The molecule has 3 rings (SSSR count). The number of nitrogens with zero attached hydrogens (tertiary/aromatic N) is 1. The van der Waals surface area contributed by atoms with Crippen molar-refractivity contribution in [1.29, 1.82) is 0 Å². The molecule has 5 heteroatoms. The van der Waals surface area contributed by atoms with Gasteiger partial charge >= 0.3 is 6.09 Å². The van der Waals surface area contributed by atoms with Gasteiger partial charge in [0.25, 0.3) is 0 Å². The summed E-state index contributed by atoms with van der Waals surface area (Å²) in [7, 11) is 0. The number of likely N-dealkylation sites (tertiary alicyclic amines) is 1. The third kappa shape index (κ3) is 5.64. The number of piperidine rings is 1. The largest absolute Gasteiger partial charge is 0.445 e. The average molecular weight is 369 g/mol. The Balaban J connectivity index is 1.44. The van der Waals surface area contributed by atoms with E-state index in [4.69, 9.17) is 4.74 Å². The Kier molecular flexibility index (Phi) is 6.58. The molecule has 4 nitrogen and oxygen atoms in total. The second kappa shape index (κ2) is 9.31. The highest BCUT2D eigenvalue weighted by Crippen LogP contribution is 2.13. The summed E-state index contributed by atoms with van der Waals surface area (Å²) < 4.78 is 18.3. The van der Waals surface area contributed by atoms with Crippen LogP contribution in [-0.2, 0) is 17.8 Å². The number of aryl methyl sites for hydroxylation is 1. The third-order valence-corrected chi connectivity index (χ3v) is 4.81. The molecule has 1 aliphatic rings. The number of rotatable bonds is 6. The van der Waals surface area contributed by atoms with E-state index in [0.29, 0.717) is 18.4 Å². The summed E-state index contributed by atoms with van der Waals surface area (Å²) in [6.45, 7) is 1.81. The maximum atomic E-state index is 12.9. The van der Waals surface area contributed by atoms with Crippen LogP contribution in [0.25, 0.3) is 0 Å². The Hall–Kier alpha value is -2.69. The Morgan fingerprint density at radius 3 is 2.19 bits per heavy atom. The first-order valence-corrected chi connectivity index (χ1v) is 9.40. The van der Waals surface area contributed by atoms with Gasteiger partial charge in [-0.1, -0.05) is 24.3 Å². The van der Waals surface area contributed by atoms with Crippen LogP contribution in [0.2, 0.25) is 0 Å². The van der Waals surface area contributed by atoms with Crippen LogP contribution in [-0.4, -0.2) is 29.9 Å². The van der Waals surface area contributed by atoms with Gasteiger partial charge in [-0.15, -0.1) is 0 Å². The minimum atomic E-state index is -0.344. The van der Waals surface area contributed by atoms with E-state index in [1.54, 1.807) is 4.90 Å². The van der Waals surface area contributed by atoms with E-state index in [1.807, 2.05) is 24.3 Å². The number of hydrogen-bond donors (Lipinski definition) is 0. The quantitative estimate of drug-likeness (QED) is 0.690. The van der Waals surface area contributed by atoms with E-state index in [1.165, 1.54) is 30.7 Å². The first kappa shape index (κ1) is 19.1. The number of amides is 1. The van der Waals surface area contributed by atoms with Gasteiger partial charge < -0.3 is 9.64 Å². The van der Waals surface area contributed by atoms with Crippen molar-refractivity contribution in [3.05, 3.63) is 71.0 Å². The van der Waals surface area contributed by atoms with Gasteiger partial charge in [0.1, 0.15) is 12.4 Å². The molecule has 1 fully saturated rings. The Morgan fingerprint density at radius 1 is 0.889 bits per heavy atom. The predicted octanol–water partition coefficient (Wildman–Crippen LogP) is 4.76. The topological polar surface area (TPSA) is 46.6 Å². The van der Waals surface area contributed by atoms with Gasteiger partial charge in [0.15, 0.2) is 5.78 Å². The van der Waals surface area contributed by atoms with Gasteiger partial charge in [0, 0.05) is 25.1 Å². The van der Waals surface area contributed by atoms with Crippen LogP contribution < -0.4 is 0 Å². The lowest BCUT2D eigenvalue weighted by molar-refractivity contribution is 0.0894. The number of carbonyl (C=O) groups is 2. The van der Waals surface area contributed by atoms with E-state index >= 15 is 0 Å². The van der Waals surface area contributed by atoms with Gasteiger partial charge in [-0.3, -0.25) is 4.79 Å². The minimum Gasteiger partial charge on any atom is -0.445 e. The molecule has 1 heterocycles. The lowest BCUT2D eigenvalue weighted by Gasteiger charge is -2.25. The van der Waals surface area contributed by atoms with Crippen molar-refractivity contribution in [2.75, 3.05) is 13.1 Å². The summed E-state index contributed by atoms with van der Waals surface area (Å²) in [5.74, 6) is -0.349. The Labute approximate surface area is 158 Å². The fourth-order valence-electron chi connectivity index (χ4n) is 3.15. The van der Waals surface area contributed by atoms with Crippen LogP contribution in [0.1, 0.15) is 47.2 Å². The van der Waals surface area contributed by atoms with Gasteiger partial charge in [-0.05, 0) is 61.1 Å². The van der Waals surface area contributed by atoms with Crippen molar-refractivity contribution in [3.8, 4) is 0 Å². The Bertz CT molecular complexity index is 765. The van der Waals surface area contributed by atoms with Crippen molar-refractivity contribution < 1.29 is 18.7 Å². The van der Waals surface area contributed by atoms with Crippen molar-refractivity contribution in [1.82, 2.24) is 4.90 Å². The molecule has 1 saturated heterocycles. The van der Waals surface area contributed by atoms with E-state index in [0.717, 1.165) is 37.1 Å². The number of ether oxygens (including phenoxy) is 1. The highest BCUT2D eigenvalue weighted by molar-refractivity contribution is 5.96. The minimum absolute atomic E-state index is 0.00506. The van der Waals surface area contributed by atoms with E-state index < -0.39 is 0 Å². The van der Waals surface area contributed by atoms with E-state index in [9.17, 15) is 14.0 Å². The molecule has 2 aromatic rings. The molecular weight excluding hydrogens is 345 g/mol. The summed E-state index contributed by atoms with van der Waals surface area (Å²) in [4.78, 5) is 25.9. The summed E-state index contributed by atoms with van der Waals surface area (Å²) in [5, 5.41) is 0. The number of halogens is 1. The zero-order chi connectivity index (χ0) is 19.1. The monoisotopic (exact) mass is 369 g/mol. The number of ketones is 1. The van der Waals surface area contributed by atoms with E-state index in [2.05, 4.69) is 0 Å². The molecule has 0 saturated carbocycles. The molecule has 0 aliphatic carbocycles. The van der Waals surface area contributed by atoms with Crippen LogP contribution in [0.3, 0.4) is 0 Å². The molecule has 0 atom stereocenters. The third-order valence-electron chi connectivity index (χ3n) is 4.81. The van der Waals surface area contributed by atoms with E-state index in [-0.39, 0.29) is 24.3 Å². The van der Waals surface area contributed by atoms with Gasteiger partial charge in [0.05, 0.1) is 0 Å². The second-order valence-corrected chi connectivity index (χ2v) is 6.85. The fraction of sp³-hybridized carbons (Fsp3) is 0.364. The molecule has 0 bridgehead atoms. The lowest BCUT2D eigenvalue weighted by Crippen LogP contribution is -2.35. The van der Waals surface area contributed by atoms with Crippen LogP contribution >= 0.6 is 0 Å². The smallest absolute Gasteiger partial charge is 0.410 e. The summed E-state index contributed by atoms with van der Waals surface area (Å²) in [6, 6.07) is 13.3. The Morgan fingerprint density at radius 2 is 1.52 bits per heavy atom. The van der Waals surface area contributed by atoms with Crippen molar-refractivity contribution in [2.24, 2.45) is 0 Å². The fourth-order valence-corrected chi connectivity index (χ4v) is 3.15. The highest BCUT2D eigenvalue weighted by atomic mass is 19.1. The number of hydrogen-bond acceptors (Lipinski definition) is 3. The molecule has 142 valence electrons. The standard InChI is InChI=1S/C22H24FNO3/c23-20-11-9-19(10-12-20)21(25)13-8-17-4-6-18(7-5-17)16-27-22(26)24-14-2-1-3-15-24/h4-7,9-12H,1-3,8,13-16H2. The first-order valence-electron chi connectivity index (χ1n) is 9.40. The summed E-state index contributed by atoms with van der Waals surface area (Å²) in [6.07, 6.45) is 4.00. The molecule has 0 N–H and O–H groups in total. The van der Waals surface area contributed by atoms with Crippen LogP contribution in [0, 0.1) is 5.82 Å². The molecular formula is C22H24FNO3. The van der Waals surface area contributed by atoms with Gasteiger partial charge in [-0.2, -0.15) is 0 Å². The highest BCUT2D eigenvalue weighted by Gasteiger charge is 2.17. The maximum Gasteiger partial charge on any atom is 0.410 e. The SMILES string of the molecule is O=C(CCc1ccc(COC(=O)N2CCCCC2)cc1)c1ccc(F)cc1. The van der Waals surface area contributed by atoms with Gasteiger partial charge in [-0.25, -0.2) is 9.18 Å². The van der Waals surface area contributed by atoms with Gasteiger partial charge in [0.2, 0.25) is 0 Å². The summed E-state index contributed by atoms with van der Waals surface area (Å²) in [5.41, 5.74) is 2.49. The number of carbonyl (C=O) groups excluding carboxylic acids is 2. The average Bonchev–Trinajstić information content (AvgIpc) is 2.72. The predicted molar refractivity (Wildman–Crippen MR) is 101 cm³/mol. The normalized spacial score (nSPS) is 14.0. The van der Waals surface area contributed by atoms with Crippen LogP contribution in [0.5, 0.6) is 0 Å². The number of benzene rings is 2. The molecule has 1 amide bonds. The van der Waals surface area contributed by atoms with Crippen molar-refractivity contribution in [2.45, 2.75) is 38.7 Å². The lowest BCUT2D eigenvalue weighted by atomic mass is 10.0. The molecule has 1 aliphatic heterocycles.